The second-order valence-electron chi connectivity index (χ2n) is 5.54. The molecule has 0 aromatic heterocycles. The zero-order chi connectivity index (χ0) is 15.6. The van der Waals surface area contributed by atoms with Crippen LogP contribution in [0.3, 0.4) is 0 Å². The standard InChI is InChI=1S/C17H19NO3S/c1-14-7-9-17(10-8-14)22(19,20)18-11-16(18)13-21-12-15-5-3-2-4-6-15/h2-10,16H,11-13H2,1H3. The van der Waals surface area contributed by atoms with Crippen LogP contribution in [0.25, 0.3) is 0 Å². The first kappa shape index (κ1) is 15.2. The van der Waals surface area contributed by atoms with Crippen LogP contribution < -0.4 is 0 Å². The lowest BCUT2D eigenvalue weighted by atomic mass is 10.2. The molecule has 1 fully saturated rings. The quantitative estimate of drug-likeness (QED) is 0.769. The van der Waals surface area contributed by atoms with Gasteiger partial charge in [-0.2, -0.15) is 4.31 Å². The van der Waals surface area contributed by atoms with Crippen LogP contribution in [0.4, 0.5) is 0 Å². The molecule has 0 amide bonds. The maximum atomic E-state index is 12.4. The number of benzene rings is 2. The van der Waals surface area contributed by atoms with Crippen LogP contribution in [-0.2, 0) is 21.4 Å². The van der Waals surface area contributed by atoms with Gasteiger partial charge >= 0.3 is 0 Å². The lowest BCUT2D eigenvalue weighted by Crippen LogP contribution is -2.17. The minimum atomic E-state index is -3.37. The summed E-state index contributed by atoms with van der Waals surface area (Å²) in [6, 6.07) is 16.8. The molecular formula is C17H19NO3S. The molecule has 2 unspecified atom stereocenters. The number of sulfonamides is 1. The van der Waals surface area contributed by atoms with Crippen molar-refractivity contribution in [3.05, 3.63) is 65.7 Å². The van der Waals surface area contributed by atoms with Gasteiger partial charge in [0.05, 0.1) is 24.2 Å². The minimum absolute atomic E-state index is 0.0463. The highest BCUT2D eigenvalue weighted by molar-refractivity contribution is 7.89. The second kappa shape index (κ2) is 6.20. The number of hydrogen-bond donors (Lipinski definition) is 0. The Morgan fingerprint density at radius 2 is 1.77 bits per heavy atom. The first-order valence-corrected chi connectivity index (χ1v) is 8.71. The van der Waals surface area contributed by atoms with E-state index >= 15 is 0 Å². The van der Waals surface area contributed by atoms with Crippen LogP contribution in [0.15, 0.2) is 59.5 Å². The van der Waals surface area contributed by atoms with Gasteiger partial charge in [0.25, 0.3) is 0 Å². The Labute approximate surface area is 131 Å². The molecule has 1 aliphatic heterocycles. The molecule has 2 aromatic carbocycles. The van der Waals surface area contributed by atoms with Gasteiger partial charge < -0.3 is 4.74 Å². The van der Waals surface area contributed by atoms with E-state index in [1.165, 1.54) is 4.31 Å². The van der Waals surface area contributed by atoms with Crippen LogP contribution in [0.1, 0.15) is 11.1 Å². The number of rotatable bonds is 6. The van der Waals surface area contributed by atoms with Crippen molar-refractivity contribution in [2.24, 2.45) is 0 Å². The van der Waals surface area contributed by atoms with Crippen molar-refractivity contribution in [2.75, 3.05) is 13.2 Å². The Kier molecular flexibility index (Phi) is 4.29. The third-order valence-electron chi connectivity index (χ3n) is 3.71. The van der Waals surface area contributed by atoms with Crippen molar-refractivity contribution in [1.82, 2.24) is 4.31 Å². The van der Waals surface area contributed by atoms with Crippen LogP contribution in [0.5, 0.6) is 0 Å². The monoisotopic (exact) mass is 317 g/mol. The van der Waals surface area contributed by atoms with Gasteiger partial charge in [-0.3, -0.25) is 0 Å². The van der Waals surface area contributed by atoms with E-state index in [9.17, 15) is 8.42 Å². The molecule has 1 aliphatic rings. The summed E-state index contributed by atoms with van der Waals surface area (Å²) in [6.07, 6.45) is 0. The van der Waals surface area contributed by atoms with Gasteiger partial charge in [0.15, 0.2) is 0 Å². The number of aryl methyl sites for hydroxylation is 1. The molecule has 0 bridgehead atoms. The topological polar surface area (TPSA) is 46.4 Å². The van der Waals surface area contributed by atoms with Crippen LogP contribution >= 0.6 is 0 Å². The number of ether oxygens (including phenoxy) is 1. The molecule has 1 heterocycles. The summed E-state index contributed by atoms with van der Waals surface area (Å²) in [5.41, 5.74) is 2.14. The molecule has 0 saturated carbocycles. The van der Waals surface area contributed by atoms with E-state index in [4.69, 9.17) is 4.74 Å². The van der Waals surface area contributed by atoms with Gasteiger partial charge in [0.2, 0.25) is 10.0 Å². The Morgan fingerprint density at radius 1 is 1.09 bits per heavy atom. The lowest BCUT2D eigenvalue weighted by Gasteiger charge is -2.07. The zero-order valence-corrected chi connectivity index (χ0v) is 13.3. The van der Waals surface area contributed by atoms with Crippen molar-refractivity contribution in [3.8, 4) is 0 Å². The van der Waals surface area contributed by atoms with Crippen molar-refractivity contribution in [1.29, 1.82) is 0 Å². The summed E-state index contributed by atoms with van der Waals surface area (Å²) < 4.78 is 31.9. The van der Waals surface area contributed by atoms with E-state index in [-0.39, 0.29) is 6.04 Å². The summed E-state index contributed by atoms with van der Waals surface area (Å²) >= 11 is 0. The molecule has 0 radical (unpaired) electrons. The molecule has 3 rings (SSSR count). The van der Waals surface area contributed by atoms with E-state index in [0.717, 1.165) is 11.1 Å². The van der Waals surface area contributed by atoms with E-state index in [1.807, 2.05) is 49.4 Å². The summed E-state index contributed by atoms with van der Waals surface area (Å²) in [5, 5.41) is 0. The van der Waals surface area contributed by atoms with Gasteiger partial charge in [0, 0.05) is 6.54 Å². The first-order valence-electron chi connectivity index (χ1n) is 7.27. The minimum Gasteiger partial charge on any atom is -0.375 e. The SMILES string of the molecule is Cc1ccc(S(=O)(=O)N2CC2COCc2ccccc2)cc1. The molecule has 4 nitrogen and oxygen atoms in total. The van der Waals surface area contributed by atoms with Gasteiger partial charge in [-0.05, 0) is 24.6 Å². The lowest BCUT2D eigenvalue weighted by molar-refractivity contribution is 0.119. The fourth-order valence-electron chi connectivity index (χ4n) is 2.32. The third kappa shape index (κ3) is 3.38. The number of hydrogen-bond acceptors (Lipinski definition) is 3. The Hall–Kier alpha value is -1.69. The summed E-state index contributed by atoms with van der Waals surface area (Å²) in [5.74, 6) is 0. The first-order chi connectivity index (χ1) is 10.6. The van der Waals surface area contributed by atoms with Gasteiger partial charge in [0.1, 0.15) is 0 Å². The summed E-state index contributed by atoms with van der Waals surface area (Å²) in [6.45, 7) is 3.41. The fraction of sp³-hybridized carbons (Fsp3) is 0.294. The van der Waals surface area contributed by atoms with Crippen molar-refractivity contribution in [2.45, 2.75) is 24.5 Å². The van der Waals surface area contributed by atoms with Crippen LogP contribution in [0, 0.1) is 6.92 Å². The average Bonchev–Trinajstić information content (AvgIpc) is 3.29. The smallest absolute Gasteiger partial charge is 0.243 e. The summed E-state index contributed by atoms with van der Waals surface area (Å²) in [7, 11) is -3.37. The van der Waals surface area contributed by atoms with Crippen LogP contribution in [0.2, 0.25) is 0 Å². The molecule has 2 atom stereocenters. The van der Waals surface area contributed by atoms with Crippen molar-refractivity contribution in [3.63, 3.8) is 0 Å². The van der Waals surface area contributed by atoms with E-state index in [2.05, 4.69) is 0 Å². The molecule has 5 heteroatoms. The van der Waals surface area contributed by atoms with Crippen molar-refractivity contribution >= 4 is 10.0 Å². The molecule has 0 aliphatic carbocycles. The van der Waals surface area contributed by atoms with E-state index in [0.29, 0.717) is 24.7 Å². The molecular weight excluding hydrogens is 298 g/mol. The van der Waals surface area contributed by atoms with E-state index in [1.54, 1.807) is 12.1 Å². The predicted molar refractivity (Wildman–Crippen MR) is 85.0 cm³/mol. The Balaban J connectivity index is 1.54. The third-order valence-corrected chi connectivity index (χ3v) is 5.65. The molecule has 1 saturated heterocycles. The molecule has 22 heavy (non-hydrogen) atoms. The Morgan fingerprint density at radius 3 is 2.45 bits per heavy atom. The van der Waals surface area contributed by atoms with Gasteiger partial charge in [-0.1, -0.05) is 48.0 Å². The van der Waals surface area contributed by atoms with Gasteiger partial charge in [-0.15, -0.1) is 0 Å². The second-order valence-corrected chi connectivity index (χ2v) is 7.43. The van der Waals surface area contributed by atoms with Crippen LogP contribution in [-0.4, -0.2) is 31.9 Å². The highest BCUT2D eigenvalue weighted by Gasteiger charge is 2.44. The van der Waals surface area contributed by atoms with E-state index < -0.39 is 10.0 Å². The highest BCUT2D eigenvalue weighted by Crippen LogP contribution is 2.28. The van der Waals surface area contributed by atoms with Gasteiger partial charge in [-0.25, -0.2) is 8.42 Å². The normalized spacial score (nSPS) is 20.8. The number of nitrogens with zero attached hydrogens (tertiary/aromatic N) is 1. The molecule has 0 spiro atoms. The maximum Gasteiger partial charge on any atom is 0.243 e. The largest absolute Gasteiger partial charge is 0.375 e. The maximum absolute atomic E-state index is 12.4. The molecule has 0 N–H and O–H groups in total. The average molecular weight is 317 g/mol. The Bertz CT molecular complexity index is 726. The molecule has 116 valence electrons. The van der Waals surface area contributed by atoms with Crippen molar-refractivity contribution < 1.29 is 13.2 Å². The fourth-order valence-corrected chi connectivity index (χ4v) is 3.90. The highest BCUT2D eigenvalue weighted by atomic mass is 32.2. The zero-order valence-electron chi connectivity index (χ0n) is 12.5. The molecule has 2 aromatic rings. The predicted octanol–water partition coefficient (Wildman–Crippen LogP) is 2.58. The summed E-state index contributed by atoms with van der Waals surface area (Å²) in [4.78, 5) is 0.351.